The first-order chi connectivity index (χ1) is 16.7. The first-order valence-electron chi connectivity index (χ1n) is 11.2. The van der Waals surface area contributed by atoms with E-state index in [2.05, 4.69) is 26.8 Å². The summed E-state index contributed by atoms with van der Waals surface area (Å²) in [5, 5.41) is 13.1. The molecule has 7 nitrogen and oxygen atoms in total. The number of rotatable bonds is 10. The number of carbonyl (C=O) groups is 1. The predicted molar refractivity (Wildman–Crippen MR) is 143 cm³/mol. The predicted octanol–water partition coefficient (Wildman–Crippen LogP) is 5.90. The molecule has 0 fully saturated rings. The average Bonchev–Trinajstić information content (AvgIpc) is 3.28. The number of thioether (sulfide) groups is 1. The fraction of sp³-hybridized carbons (Fsp3) is 0.320. The van der Waals surface area contributed by atoms with Crippen LogP contribution in [0.3, 0.4) is 0 Å². The van der Waals surface area contributed by atoms with Crippen LogP contribution in [0.5, 0.6) is 0 Å². The van der Waals surface area contributed by atoms with Crippen molar-refractivity contribution in [2.75, 3.05) is 11.4 Å². The molecule has 35 heavy (non-hydrogen) atoms. The Hall–Kier alpha value is -2.75. The zero-order valence-electron chi connectivity index (χ0n) is 19.7. The number of nitrogens with zero attached hydrogens (tertiary/aromatic N) is 5. The minimum atomic E-state index is -0.929. The summed E-state index contributed by atoms with van der Waals surface area (Å²) in [6.07, 6.45) is 5.26. The van der Waals surface area contributed by atoms with Gasteiger partial charge >= 0.3 is 5.97 Å². The second-order valence-electron chi connectivity index (χ2n) is 8.58. The maximum absolute atomic E-state index is 11.4. The highest BCUT2D eigenvalue weighted by Crippen LogP contribution is 2.34. The third-order valence-corrected chi connectivity index (χ3v) is 7.88. The topological polar surface area (TPSA) is 92.1 Å². The molecule has 0 spiro atoms. The maximum Gasteiger partial charge on any atom is 0.319 e. The minimum absolute atomic E-state index is 0.543. The van der Waals surface area contributed by atoms with Crippen LogP contribution < -0.4 is 4.90 Å². The zero-order valence-corrected chi connectivity index (χ0v) is 22.1. The molecule has 0 saturated heterocycles. The van der Waals surface area contributed by atoms with E-state index in [1.165, 1.54) is 23.1 Å². The molecular formula is C25H26ClN5O2S2. The van der Waals surface area contributed by atoms with Crippen LogP contribution in [-0.2, 0) is 24.2 Å². The Morgan fingerprint density at radius 2 is 1.91 bits per heavy atom. The van der Waals surface area contributed by atoms with Crippen LogP contribution in [0.25, 0.3) is 10.9 Å². The van der Waals surface area contributed by atoms with Crippen molar-refractivity contribution < 1.29 is 9.90 Å². The van der Waals surface area contributed by atoms with Gasteiger partial charge in [-0.25, -0.2) is 15.0 Å². The van der Waals surface area contributed by atoms with E-state index in [0.717, 1.165) is 38.6 Å². The summed E-state index contributed by atoms with van der Waals surface area (Å²) in [5.41, 5.74) is 3.78. The van der Waals surface area contributed by atoms with Gasteiger partial charge in [0.15, 0.2) is 4.34 Å². The summed E-state index contributed by atoms with van der Waals surface area (Å²) in [4.78, 5) is 32.2. The molecule has 3 aromatic heterocycles. The van der Waals surface area contributed by atoms with Crippen molar-refractivity contribution in [2.45, 2.75) is 49.2 Å². The number of benzene rings is 1. The molecule has 4 rings (SSSR count). The van der Waals surface area contributed by atoms with E-state index in [1.54, 1.807) is 13.8 Å². The molecule has 0 aliphatic carbocycles. The molecule has 0 saturated carbocycles. The summed E-state index contributed by atoms with van der Waals surface area (Å²) in [7, 11) is 0. The summed E-state index contributed by atoms with van der Waals surface area (Å²) >= 11 is 8.84. The average molecular weight is 528 g/mol. The molecule has 1 N–H and O–H groups in total. The first-order valence-corrected chi connectivity index (χ1v) is 13.3. The lowest BCUT2D eigenvalue weighted by molar-refractivity contribution is -0.138. The number of aromatic nitrogens is 4. The van der Waals surface area contributed by atoms with E-state index in [-0.39, 0.29) is 0 Å². The van der Waals surface area contributed by atoms with Crippen LogP contribution in [0.15, 0.2) is 52.4 Å². The highest BCUT2D eigenvalue weighted by molar-refractivity contribution is 8.03. The van der Waals surface area contributed by atoms with Crippen molar-refractivity contribution >= 4 is 57.5 Å². The summed E-state index contributed by atoms with van der Waals surface area (Å²) < 4.78 is -0.181. The van der Waals surface area contributed by atoms with Crippen LogP contribution in [-0.4, -0.2) is 42.3 Å². The summed E-state index contributed by atoms with van der Waals surface area (Å²) in [5.74, 6) is -0.222. The molecule has 1 aromatic carbocycles. The number of hydrogen-bond acceptors (Lipinski definition) is 8. The van der Waals surface area contributed by atoms with Crippen molar-refractivity contribution in [3.8, 4) is 0 Å². The van der Waals surface area contributed by atoms with Gasteiger partial charge in [-0.05, 0) is 50.1 Å². The van der Waals surface area contributed by atoms with E-state index in [0.29, 0.717) is 30.5 Å². The Balaban J connectivity index is 1.52. The normalized spacial score (nSPS) is 11.7. The lowest BCUT2D eigenvalue weighted by Gasteiger charge is -2.22. The SMILES string of the molecule is CCc1cnc(N(CCc2csc(SC(C)(C)C(=O)O)n2)Cc2ccc3cc(Cl)ccc3n2)nc1. The largest absolute Gasteiger partial charge is 0.480 e. The fourth-order valence-corrected chi connectivity index (χ4v) is 5.73. The third-order valence-electron chi connectivity index (χ3n) is 5.47. The Morgan fingerprint density at radius 3 is 2.63 bits per heavy atom. The van der Waals surface area contributed by atoms with Crippen molar-refractivity contribution in [1.82, 2.24) is 19.9 Å². The fourth-order valence-electron chi connectivity index (χ4n) is 3.33. The number of hydrogen-bond donors (Lipinski definition) is 1. The Morgan fingerprint density at radius 1 is 1.14 bits per heavy atom. The molecule has 0 unspecified atom stereocenters. The van der Waals surface area contributed by atoms with Gasteiger partial charge in [-0.1, -0.05) is 36.4 Å². The molecule has 0 aliphatic heterocycles. The van der Waals surface area contributed by atoms with Crippen LogP contribution in [0.2, 0.25) is 5.02 Å². The molecule has 3 heterocycles. The van der Waals surface area contributed by atoms with Gasteiger partial charge in [0, 0.05) is 41.1 Å². The van der Waals surface area contributed by atoms with Crippen LogP contribution in [0.4, 0.5) is 5.95 Å². The molecule has 0 aliphatic rings. The maximum atomic E-state index is 11.4. The van der Waals surface area contributed by atoms with Crippen LogP contribution in [0, 0.1) is 0 Å². The number of aryl methyl sites for hydroxylation is 1. The quantitative estimate of drug-likeness (QED) is 0.255. The molecule has 0 bridgehead atoms. The number of anilines is 1. The van der Waals surface area contributed by atoms with Gasteiger partial charge < -0.3 is 10.0 Å². The smallest absolute Gasteiger partial charge is 0.319 e. The lowest BCUT2D eigenvalue weighted by Crippen LogP contribution is -2.28. The van der Waals surface area contributed by atoms with Gasteiger partial charge in [-0.3, -0.25) is 9.78 Å². The van der Waals surface area contributed by atoms with Gasteiger partial charge in [0.05, 0.1) is 23.4 Å². The van der Waals surface area contributed by atoms with Crippen molar-refractivity contribution in [3.63, 3.8) is 0 Å². The van der Waals surface area contributed by atoms with Gasteiger partial charge in [0.25, 0.3) is 0 Å². The van der Waals surface area contributed by atoms with Gasteiger partial charge in [-0.2, -0.15) is 0 Å². The molecule has 0 radical (unpaired) electrons. The number of fused-ring (bicyclic) bond motifs is 1. The highest BCUT2D eigenvalue weighted by Gasteiger charge is 2.29. The molecule has 182 valence electrons. The monoisotopic (exact) mass is 527 g/mol. The van der Waals surface area contributed by atoms with Crippen molar-refractivity contribution in [3.05, 3.63) is 70.1 Å². The molecule has 0 amide bonds. The number of aliphatic carboxylic acids is 1. The minimum Gasteiger partial charge on any atom is -0.480 e. The summed E-state index contributed by atoms with van der Waals surface area (Å²) in [6.45, 7) is 6.63. The van der Waals surface area contributed by atoms with Gasteiger partial charge in [0.1, 0.15) is 4.75 Å². The second-order valence-corrected chi connectivity index (χ2v) is 11.7. The van der Waals surface area contributed by atoms with Crippen LogP contribution >= 0.6 is 34.7 Å². The number of halogens is 1. The second kappa shape index (κ2) is 10.9. The number of carboxylic acids is 1. The number of thiazole rings is 1. The van der Waals surface area contributed by atoms with Crippen molar-refractivity contribution in [2.24, 2.45) is 0 Å². The van der Waals surface area contributed by atoms with Crippen molar-refractivity contribution in [1.29, 1.82) is 0 Å². The lowest BCUT2D eigenvalue weighted by atomic mass is 10.2. The molecule has 4 aromatic rings. The van der Waals surface area contributed by atoms with E-state index in [4.69, 9.17) is 16.6 Å². The third kappa shape index (κ3) is 6.48. The van der Waals surface area contributed by atoms with Gasteiger partial charge in [0.2, 0.25) is 5.95 Å². The van der Waals surface area contributed by atoms with E-state index in [9.17, 15) is 9.90 Å². The molecule has 10 heteroatoms. The Bertz CT molecular complexity index is 1330. The Labute approximate surface area is 217 Å². The Kier molecular flexibility index (Phi) is 7.88. The number of pyridine rings is 1. The van der Waals surface area contributed by atoms with E-state index in [1.807, 2.05) is 48.1 Å². The highest BCUT2D eigenvalue weighted by atomic mass is 35.5. The van der Waals surface area contributed by atoms with Crippen LogP contribution in [0.1, 0.15) is 37.7 Å². The van der Waals surface area contributed by atoms with E-state index >= 15 is 0 Å². The molecule has 0 atom stereocenters. The molecular weight excluding hydrogens is 502 g/mol. The first kappa shape index (κ1) is 25.3. The zero-order chi connectivity index (χ0) is 25.0. The summed E-state index contributed by atoms with van der Waals surface area (Å²) in [6, 6.07) is 9.69. The van der Waals surface area contributed by atoms with E-state index < -0.39 is 10.7 Å². The number of carboxylic acid groups (broad SMARTS) is 1. The standard InChI is InChI=1S/C25H26ClN5O2S2/c1-4-16-12-27-23(28-13-16)31(14-19-7-5-17-11-18(26)6-8-21(17)29-19)10-9-20-15-34-24(30-20)35-25(2,3)22(32)33/h5-8,11-13,15H,4,9-10,14H2,1-3H3,(H,32,33). The van der Waals surface area contributed by atoms with Gasteiger partial charge in [-0.15, -0.1) is 11.3 Å².